The van der Waals surface area contributed by atoms with E-state index in [2.05, 4.69) is 26.2 Å². The summed E-state index contributed by atoms with van der Waals surface area (Å²) in [6.45, 7) is 0.853. The van der Waals surface area contributed by atoms with Crippen LogP contribution in [0.15, 0.2) is 28.9 Å². The third-order valence-electron chi connectivity index (χ3n) is 2.50. The first-order chi connectivity index (χ1) is 8.22. The molecule has 4 N–H and O–H groups in total. The Hall–Kier alpha value is -1.33. The summed E-state index contributed by atoms with van der Waals surface area (Å²) in [4.78, 5) is 4.28. The molecule has 2 rings (SSSR count). The highest BCUT2D eigenvalue weighted by molar-refractivity contribution is 9.10. The van der Waals surface area contributed by atoms with E-state index in [4.69, 9.17) is 10.8 Å². The summed E-state index contributed by atoms with van der Waals surface area (Å²) in [5.41, 5.74) is 8.31. The fourth-order valence-corrected chi connectivity index (χ4v) is 2.03. The average molecular weight is 296 g/mol. The van der Waals surface area contributed by atoms with Gasteiger partial charge in [0, 0.05) is 23.0 Å². The molecule has 0 fully saturated rings. The molecule has 0 aliphatic heterocycles. The Labute approximate surface area is 108 Å². The SMILES string of the molecule is Nc1cnc2ccc(Br)cc2c1NCCCO. The van der Waals surface area contributed by atoms with Gasteiger partial charge in [0.05, 0.1) is 23.1 Å². The number of rotatable bonds is 4. The predicted octanol–water partition coefficient (Wildman–Crippen LogP) is 2.37. The lowest BCUT2D eigenvalue weighted by atomic mass is 10.1. The molecular formula is C12H14BrN3O. The van der Waals surface area contributed by atoms with Crippen molar-refractivity contribution in [2.75, 3.05) is 24.2 Å². The van der Waals surface area contributed by atoms with Crippen molar-refractivity contribution in [1.82, 2.24) is 4.98 Å². The summed E-state index contributed by atoms with van der Waals surface area (Å²) in [6.07, 6.45) is 2.34. The maximum absolute atomic E-state index is 8.78. The van der Waals surface area contributed by atoms with Crippen molar-refractivity contribution >= 4 is 38.2 Å². The topological polar surface area (TPSA) is 71.2 Å². The zero-order valence-corrected chi connectivity index (χ0v) is 10.9. The van der Waals surface area contributed by atoms with Crippen LogP contribution in [0.5, 0.6) is 0 Å². The zero-order chi connectivity index (χ0) is 12.3. The summed E-state index contributed by atoms with van der Waals surface area (Å²) in [5.74, 6) is 0. The Kier molecular flexibility index (Phi) is 3.81. The molecule has 1 aromatic carbocycles. The summed E-state index contributed by atoms with van der Waals surface area (Å²) >= 11 is 3.44. The van der Waals surface area contributed by atoms with E-state index < -0.39 is 0 Å². The molecular weight excluding hydrogens is 282 g/mol. The number of hydrogen-bond donors (Lipinski definition) is 3. The van der Waals surface area contributed by atoms with Crippen LogP contribution in [0.2, 0.25) is 0 Å². The van der Waals surface area contributed by atoms with Gasteiger partial charge in [0.2, 0.25) is 0 Å². The molecule has 0 bridgehead atoms. The van der Waals surface area contributed by atoms with Gasteiger partial charge in [-0.25, -0.2) is 0 Å². The predicted molar refractivity (Wildman–Crippen MR) is 74.0 cm³/mol. The van der Waals surface area contributed by atoms with Gasteiger partial charge in [-0.15, -0.1) is 0 Å². The van der Waals surface area contributed by atoms with Gasteiger partial charge >= 0.3 is 0 Å². The molecule has 0 saturated heterocycles. The lowest BCUT2D eigenvalue weighted by Gasteiger charge is -2.11. The lowest BCUT2D eigenvalue weighted by Crippen LogP contribution is -2.06. The van der Waals surface area contributed by atoms with Gasteiger partial charge in [0.25, 0.3) is 0 Å². The highest BCUT2D eigenvalue weighted by atomic mass is 79.9. The maximum atomic E-state index is 8.78. The molecule has 0 spiro atoms. The number of pyridine rings is 1. The number of fused-ring (bicyclic) bond motifs is 1. The molecule has 1 aromatic heterocycles. The fraction of sp³-hybridized carbons (Fsp3) is 0.250. The number of nitrogens with zero attached hydrogens (tertiary/aromatic N) is 1. The number of nitrogens with two attached hydrogens (primary N) is 1. The third kappa shape index (κ3) is 2.68. The van der Waals surface area contributed by atoms with Crippen LogP contribution in [0.3, 0.4) is 0 Å². The van der Waals surface area contributed by atoms with Crippen LogP contribution in [0, 0.1) is 0 Å². The van der Waals surface area contributed by atoms with Crippen LogP contribution < -0.4 is 11.1 Å². The number of nitrogens with one attached hydrogen (secondary N) is 1. The van der Waals surface area contributed by atoms with Crippen LogP contribution in [-0.4, -0.2) is 23.2 Å². The second-order valence-corrected chi connectivity index (χ2v) is 4.67. The van der Waals surface area contributed by atoms with Crippen molar-refractivity contribution < 1.29 is 5.11 Å². The van der Waals surface area contributed by atoms with E-state index in [0.717, 1.165) is 21.1 Å². The molecule has 4 nitrogen and oxygen atoms in total. The summed E-state index contributed by atoms with van der Waals surface area (Å²) in [7, 11) is 0. The molecule has 5 heteroatoms. The number of aromatic nitrogens is 1. The van der Waals surface area contributed by atoms with Crippen molar-refractivity contribution in [3.63, 3.8) is 0 Å². The first-order valence-electron chi connectivity index (χ1n) is 5.41. The van der Waals surface area contributed by atoms with Crippen molar-refractivity contribution in [2.24, 2.45) is 0 Å². The molecule has 90 valence electrons. The van der Waals surface area contributed by atoms with E-state index in [9.17, 15) is 0 Å². The van der Waals surface area contributed by atoms with E-state index in [1.807, 2.05) is 18.2 Å². The van der Waals surface area contributed by atoms with Gasteiger partial charge in [-0.1, -0.05) is 15.9 Å². The van der Waals surface area contributed by atoms with Crippen LogP contribution in [0.1, 0.15) is 6.42 Å². The molecule has 0 aliphatic rings. The first kappa shape index (κ1) is 12.1. The Morgan fingerprint density at radius 1 is 1.41 bits per heavy atom. The van der Waals surface area contributed by atoms with Crippen LogP contribution in [-0.2, 0) is 0 Å². The minimum absolute atomic E-state index is 0.166. The molecule has 2 aromatic rings. The van der Waals surface area contributed by atoms with E-state index in [1.54, 1.807) is 6.20 Å². The van der Waals surface area contributed by atoms with Crippen LogP contribution in [0.25, 0.3) is 10.9 Å². The monoisotopic (exact) mass is 295 g/mol. The van der Waals surface area contributed by atoms with E-state index >= 15 is 0 Å². The number of anilines is 2. The number of benzene rings is 1. The molecule has 17 heavy (non-hydrogen) atoms. The highest BCUT2D eigenvalue weighted by Crippen LogP contribution is 2.29. The number of hydrogen-bond acceptors (Lipinski definition) is 4. The van der Waals surface area contributed by atoms with E-state index in [0.29, 0.717) is 18.7 Å². The number of aliphatic hydroxyl groups excluding tert-OH is 1. The number of aliphatic hydroxyl groups is 1. The molecule has 1 heterocycles. The lowest BCUT2D eigenvalue weighted by molar-refractivity contribution is 0.292. The van der Waals surface area contributed by atoms with Gasteiger partial charge in [-0.05, 0) is 24.6 Å². The fourth-order valence-electron chi connectivity index (χ4n) is 1.67. The largest absolute Gasteiger partial charge is 0.396 e. The Bertz CT molecular complexity index is 525. The van der Waals surface area contributed by atoms with Crippen molar-refractivity contribution in [3.05, 3.63) is 28.9 Å². The molecule has 0 saturated carbocycles. The zero-order valence-electron chi connectivity index (χ0n) is 9.28. The molecule has 0 amide bonds. The Morgan fingerprint density at radius 3 is 3.00 bits per heavy atom. The highest BCUT2D eigenvalue weighted by Gasteiger charge is 2.06. The van der Waals surface area contributed by atoms with Crippen LogP contribution >= 0.6 is 15.9 Å². The van der Waals surface area contributed by atoms with Crippen molar-refractivity contribution in [3.8, 4) is 0 Å². The van der Waals surface area contributed by atoms with Gasteiger partial charge in [0.15, 0.2) is 0 Å². The van der Waals surface area contributed by atoms with Gasteiger partial charge in [0.1, 0.15) is 0 Å². The van der Waals surface area contributed by atoms with E-state index in [-0.39, 0.29) is 6.61 Å². The smallest absolute Gasteiger partial charge is 0.0743 e. The average Bonchev–Trinajstić information content (AvgIpc) is 2.32. The Morgan fingerprint density at radius 2 is 2.24 bits per heavy atom. The normalized spacial score (nSPS) is 10.7. The molecule has 0 atom stereocenters. The maximum Gasteiger partial charge on any atom is 0.0743 e. The van der Waals surface area contributed by atoms with Crippen LogP contribution in [0.4, 0.5) is 11.4 Å². The summed E-state index contributed by atoms with van der Waals surface area (Å²) in [5, 5.41) is 13.0. The Balaban J connectivity index is 2.43. The molecule has 0 unspecified atom stereocenters. The van der Waals surface area contributed by atoms with Crippen molar-refractivity contribution in [2.45, 2.75) is 6.42 Å². The first-order valence-corrected chi connectivity index (χ1v) is 6.20. The van der Waals surface area contributed by atoms with Gasteiger partial charge in [-0.2, -0.15) is 0 Å². The standard InChI is InChI=1S/C12H14BrN3O/c13-8-2-3-11-9(6-8)12(10(14)7-16-11)15-4-1-5-17/h2-3,6-7,17H,1,4-5,14H2,(H,15,16). The third-order valence-corrected chi connectivity index (χ3v) is 2.99. The summed E-state index contributed by atoms with van der Waals surface area (Å²) in [6, 6.07) is 5.87. The van der Waals surface area contributed by atoms with Gasteiger partial charge in [-0.3, -0.25) is 4.98 Å². The van der Waals surface area contributed by atoms with E-state index in [1.165, 1.54) is 0 Å². The van der Waals surface area contributed by atoms with Gasteiger partial charge < -0.3 is 16.2 Å². The number of nitrogen functional groups attached to an aromatic ring is 1. The van der Waals surface area contributed by atoms with Crippen molar-refractivity contribution in [1.29, 1.82) is 0 Å². The second-order valence-electron chi connectivity index (χ2n) is 3.75. The minimum atomic E-state index is 0.166. The number of halogens is 1. The molecule has 0 radical (unpaired) electrons. The summed E-state index contributed by atoms with van der Waals surface area (Å²) < 4.78 is 0.989. The minimum Gasteiger partial charge on any atom is -0.396 e. The molecule has 0 aliphatic carbocycles. The second kappa shape index (κ2) is 5.33. The quantitative estimate of drug-likeness (QED) is 0.758.